The van der Waals surface area contributed by atoms with Crippen molar-refractivity contribution in [3.63, 3.8) is 0 Å². The van der Waals surface area contributed by atoms with E-state index in [2.05, 4.69) is 20.9 Å². The van der Waals surface area contributed by atoms with Gasteiger partial charge in [0.05, 0.1) is 0 Å². The molecule has 1 atom stereocenters. The Labute approximate surface area is 196 Å². The smallest absolute Gasteiger partial charge is 0.326 e. The fraction of sp³-hybridized carbons (Fsp3) is 0.231. The molecule has 0 spiro atoms. The molecular weight excluding hydrogens is 432 g/mol. The molecule has 4 N–H and O–H groups in total. The van der Waals surface area contributed by atoms with E-state index in [0.29, 0.717) is 6.54 Å². The number of carboxylic acid groups (broad SMARTS) is 1. The van der Waals surface area contributed by atoms with E-state index >= 15 is 0 Å². The molecule has 4 rings (SSSR count). The number of pyridine rings is 1. The Hall–Kier alpha value is -4.20. The molecule has 0 fully saturated rings. The molecule has 4 aromatic rings. The summed E-state index contributed by atoms with van der Waals surface area (Å²) in [6.07, 6.45) is 1.89. The van der Waals surface area contributed by atoms with Crippen LogP contribution in [0.3, 0.4) is 0 Å². The van der Waals surface area contributed by atoms with Crippen LogP contribution in [0, 0.1) is 5.92 Å². The molecule has 0 amide bonds. The highest BCUT2D eigenvalue weighted by molar-refractivity contribution is 5.93. The number of carbonyl (C=O) groups is 1. The summed E-state index contributed by atoms with van der Waals surface area (Å²) < 4.78 is 0. The van der Waals surface area contributed by atoms with E-state index in [0.717, 1.165) is 27.8 Å². The molecule has 3 aromatic carbocycles. The number of aliphatic carboxylic acids is 1. The van der Waals surface area contributed by atoms with Gasteiger partial charge in [0.1, 0.15) is 23.2 Å². The predicted octanol–water partition coefficient (Wildman–Crippen LogP) is 3.75. The summed E-state index contributed by atoms with van der Waals surface area (Å²) in [6.45, 7) is 4.46. The minimum atomic E-state index is -1.11. The van der Waals surface area contributed by atoms with Crippen molar-refractivity contribution < 1.29 is 9.90 Å². The molecule has 174 valence electrons. The third-order valence-electron chi connectivity index (χ3n) is 5.54. The van der Waals surface area contributed by atoms with Crippen molar-refractivity contribution in [2.75, 3.05) is 22.5 Å². The second kappa shape index (κ2) is 9.74. The Kier molecular flexibility index (Phi) is 6.58. The Morgan fingerprint density at radius 3 is 2.38 bits per heavy atom. The molecule has 0 saturated carbocycles. The molecule has 0 unspecified atom stereocenters. The van der Waals surface area contributed by atoms with Crippen LogP contribution in [0.15, 0.2) is 70.4 Å². The van der Waals surface area contributed by atoms with Crippen LogP contribution in [0.25, 0.3) is 10.8 Å². The molecule has 0 aliphatic rings. The zero-order chi connectivity index (χ0) is 24.2. The number of carboxylic acids is 1. The van der Waals surface area contributed by atoms with Crippen molar-refractivity contribution in [1.29, 1.82) is 0 Å². The van der Waals surface area contributed by atoms with Gasteiger partial charge >= 0.3 is 5.97 Å². The Morgan fingerprint density at radius 2 is 1.68 bits per heavy atom. The van der Waals surface area contributed by atoms with Crippen molar-refractivity contribution in [2.45, 2.75) is 26.3 Å². The van der Waals surface area contributed by atoms with E-state index in [4.69, 9.17) is 0 Å². The number of rotatable bonds is 10. The van der Waals surface area contributed by atoms with Gasteiger partial charge in [-0.2, -0.15) is 0 Å². The van der Waals surface area contributed by atoms with E-state index in [-0.39, 0.29) is 23.7 Å². The molecule has 34 heavy (non-hydrogen) atoms. The standard InChI is InChI=1S/C26H26N4O4/c1-15(2)14-28-21-22(24(32)23(21)31)30-20(26(33)34)13-16-7-9-18(10-8-16)29-25-19-6-4-3-5-17(19)11-12-27-25/h3-12,15,20,28,30H,13-14H2,1-2H3,(H,27,29)(H,33,34)/t20-/m0/s1. The minimum Gasteiger partial charge on any atom is -0.480 e. The lowest BCUT2D eigenvalue weighted by Gasteiger charge is -2.20. The van der Waals surface area contributed by atoms with Crippen LogP contribution in [0.5, 0.6) is 0 Å². The average Bonchev–Trinajstić information content (AvgIpc) is 2.83. The highest BCUT2D eigenvalue weighted by Gasteiger charge is 2.26. The minimum absolute atomic E-state index is 0.0402. The van der Waals surface area contributed by atoms with E-state index in [1.54, 1.807) is 6.20 Å². The molecule has 1 heterocycles. The molecule has 1 aromatic heterocycles. The number of fused-ring (bicyclic) bond motifs is 1. The van der Waals surface area contributed by atoms with Gasteiger partial charge < -0.3 is 21.1 Å². The number of aromatic nitrogens is 1. The third-order valence-corrected chi connectivity index (χ3v) is 5.54. The predicted molar refractivity (Wildman–Crippen MR) is 135 cm³/mol. The van der Waals surface area contributed by atoms with Crippen LogP contribution < -0.4 is 26.8 Å². The summed E-state index contributed by atoms with van der Waals surface area (Å²) in [5.74, 6) is -0.105. The largest absolute Gasteiger partial charge is 0.480 e. The van der Waals surface area contributed by atoms with Crippen molar-refractivity contribution in [3.05, 3.63) is 86.8 Å². The number of anilines is 4. The van der Waals surface area contributed by atoms with E-state index in [9.17, 15) is 19.5 Å². The first-order chi connectivity index (χ1) is 16.3. The molecular formula is C26H26N4O4. The van der Waals surface area contributed by atoms with E-state index < -0.39 is 22.9 Å². The number of benzene rings is 2. The number of hydrogen-bond acceptors (Lipinski definition) is 7. The van der Waals surface area contributed by atoms with Gasteiger partial charge in [-0.3, -0.25) is 9.59 Å². The fourth-order valence-electron chi connectivity index (χ4n) is 3.69. The van der Waals surface area contributed by atoms with Crippen molar-refractivity contribution in [2.24, 2.45) is 5.92 Å². The lowest BCUT2D eigenvalue weighted by molar-refractivity contribution is -0.137. The Bertz CT molecular complexity index is 1380. The fourth-order valence-corrected chi connectivity index (χ4v) is 3.69. The van der Waals surface area contributed by atoms with E-state index in [1.807, 2.05) is 68.4 Å². The second-order valence-electron chi connectivity index (χ2n) is 8.62. The van der Waals surface area contributed by atoms with Crippen molar-refractivity contribution in [3.8, 4) is 0 Å². The quantitative estimate of drug-likeness (QED) is 0.265. The second-order valence-corrected chi connectivity index (χ2v) is 8.62. The summed E-state index contributed by atoms with van der Waals surface area (Å²) in [6, 6.07) is 16.2. The maximum Gasteiger partial charge on any atom is 0.326 e. The summed E-state index contributed by atoms with van der Waals surface area (Å²) >= 11 is 0. The zero-order valence-corrected chi connectivity index (χ0v) is 19.0. The molecule has 0 bridgehead atoms. The highest BCUT2D eigenvalue weighted by atomic mass is 16.4. The molecule has 0 aliphatic heterocycles. The van der Waals surface area contributed by atoms with Crippen LogP contribution >= 0.6 is 0 Å². The SMILES string of the molecule is CC(C)CNc1c(N[C@@H](Cc2ccc(Nc3nccc4ccccc34)cc2)C(=O)O)c(=O)c1=O. The average molecular weight is 459 g/mol. The molecule has 0 radical (unpaired) electrons. The van der Waals surface area contributed by atoms with Crippen LogP contribution in [0.2, 0.25) is 0 Å². The topological polar surface area (TPSA) is 120 Å². The summed E-state index contributed by atoms with van der Waals surface area (Å²) in [5, 5.41) is 20.8. The zero-order valence-electron chi connectivity index (χ0n) is 19.0. The third kappa shape index (κ3) is 4.91. The van der Waals surface area contributed by atoms with Gasteiger partial charge in [0, 0.05) is 30.2 Å². The molecule has 8 nitrogen and oxygen atoms in total. The van der Waals surface area contributed by atoms with Crippen molar-refractivity contribution in [1.82, 2.24) is 4.98 Å². The molecule has 0 aliphatic carbocycles. The van der Waals surface area contributed by atoms with Crippen LogP contribution in [-0.2, 0) is 11.2 Å². The summed E-state index contributed by atoms with van der Waals surface area (Å²) in [5.41, 5.74) is 0.469. The maximum absolute atomic E-state index is 12.0. The van der Waals surface area contributed by atoms with Gasteiger partial charge in [0.15, 0.2) is 0 Å². The van der Waals surface area contributed by atoms with Gasteiger partial charge in [-0.25, -0.2) is 9.78 Å². The number of hydrogen-bond donors (Lipinski definition) is 4. The van der Waals surface area contributed by atoms with Gasteiger partial charge in [-0.15, -0.1) is 0 Å². The summed E-state index contributed by atoms with van der Waals surface area (Å²) in [7, 11) is 0. The normalized spacial score (nSPS) is 12.1. The molecule has 0 saturated heterocycles. The lowest BCUT2D eigenvalue weighted by atomic mass is 10.0. The first-order valence-electron chi connectivity index (χ1n) is 11.1. The first-order valence-corrected chi connectivity index (χ1v) is 11.1. The van der Waals surface area contributed by atoms with Gasteiger partial charge in [-0.1, -0.05) is 50.2 Å². The van der Waals surface area contributed by atoms with Crippen LogP contribution in [0.1, 0.15) is 19.4 Å². The lowest BCUT2D eigenvalue weighted by Crippen LogP contribution is -2.42. The van der Waals surface area contributed by atoms with Gasteiger partial charge in [0.2, 0.25) is 0 Å². The highest BCUT2D eigenvalue weighted by Crippen LogP contribution is 2.24. The number of nitrogens with one attached hydrogen (secondary N) is 3. The van der Waals surface area contributed by atoms with Gasteiger partial charge in [-0.05, 0) is 35.1 Å². The van der Waals surface area contributed by atoms with Gasteiger partial charge in [0.25, 0.3) is 10.9 Å². The monoisotopic (exact) mass is 458 g/mol. The maximum atomic E-state index is 12.0. The van der Waals surface area contributed by atoms with Crippen LogP contribution in [0.4, 0.5) is 22.9 Å². The molecule has 8 heteroatoms. The van der Waals surface area contributed by atoms with E-state index in [1.165, 1.54) is 0 Å². The number of nitrogens with zero attached hydrogens (tertiary/aromatic N) is 1. The summed E-state index contributed by atoms with van der Waals surface area (Å²) in [4.78, 5) is 40.2. The van der Waals surface area contributed by atoms with Crippen LogP contribution in [-0.4, -0.2) is 28.6 Å². The Balaban J connectivity index is 1.46. The Morgan fingerprint density at radius 1 is 0.971 bits per heavy atom. The van der Waals surface area contributed by atoms with Crippen molar-refractivity contribution >= 4 is 39.6 Å². The first kappa shape index (κ1) is 23.0.